The van der Waals surface area contributed by atoms with Crippen molar-refractivity contribution in [3.8, 4) is 0 Å². The van der Waals surface area contributed by atoms with Crippen molar-refractivity contribution in [3.05, 3.63) is 65.8 Å². The zero-order chi connectivity index (χ0) is 19.5. The van der Waals surface area contributed by atoms with Crippen molar-refractivity contribution in [1.29, 1.82) is 0 Å². The molecule has 2 N–H and O–H groups in total. The minimum Gasteiger partial charge on any atom is -0.380 e. The van der Waals surface area contributed by atoms with E-state index in [1.807, 2.05) is 37.3 Å². The highest BCUT2D eigenvalue weighted by Gasteiger charge is 2.27. The van der Waals surface area contributed by atoms with Gasteiger partial charge in [-0.2, -0.15) is 0 Å². The summed E-state index contributed by atoms with van der Waals surface area (Å²) in [6.45, 7) is 6.06. The first-order valence-corrected chi connectivity index (χ1v) is 8.83. The molecule has 0 aliphatic heterocycles. The number of carbonyl (C=O) groups excluding carboxylic acids is 1. The molecule has 0 heterocycles. The molecule has 0 bridgehead atoms. The van der Waals surface area contributed by atoms with E-state index in [4.69, 9.17) is 15.2 Å². The highest BCUT2D eigenvalue weighted by atomic mass is 16.5. The van der Waals surface area contributed by atoms with E-state index in [2.05, 4.69) is 38.1 Å². The van der Waals surface area contributed by atoms with E-state index in [-0.39, 0.29) is 24.0 Å². The van der Waals surface area contributed by atoms with Gasteiger partial charge in [0.15, 0.2) is 0 Å². The van der Waals surface area contributed by atoms with Gasteiger partial charge in [0.25, 0.3) is 0 Å². The number of hydrogen-bond donors (Lipinski definition) is 1. The fraction of sp³-hybridized carbons (Fsp3) is 0.409. The average molecular weight is 357 g/mol. The van der Waals surface area contributed by atoms with Gasteiger partial charge in [0.2, 0.25) is 5.91 Å². The van der Waals surface area contributed by atoms with Crippen LogP contribution in [0.5, 0.6) is 0 Å². The smallest absolute Gasteiger partial charge is 0.241 e. The summed E-state index contributed by atoms with van der Waals surface area (Å²) in [5.41, 5.74) is 7.13. The van der Waals surface area contributed by atoms with Crippen LogP contribution in [0.1, 0.15) is 26.3 Å². The second-order valence-corrected chi connectivity index (χ2v) is 6.54. The molecule has 0 aromatic heterocycles. The van der Waals surface area contributed by atoms with Crippen molar-refractivity contribution in [3.63, 3.8) is 0 Å². The Morgan fingerprint density at radius 3 is 2.27 bits per heavy atom. The number of rotatable bonds is 10. The molecule has 0 radical (unpaired) electrons. The molecular weight excluding hydrogens is 326 g/mol. The number of carbonyl (C=O) groups is 1. The average Bonchev–Trinajstić information content (AvgIpc) is 2.61. The predicted octanol–water partition coefficient (Wildman–Crippen LogP) is 3.99. The summed E-state index contributed by atoms with van der Waals surface area (Å²) in [5, 5.41) is 0. The lowest BCUT2D eigenvalue weighted by molar-refractivity contribution is -0.113. The van der Waals surface area contributed by atoms with Crippen LogP contribution in [-0.4, -0.2) is 32.3 Å². The largest absolute Gasteiger partial charge is 0.380 e. The Bertz CT molecular complexity index is 634. The number of amides is 1. The summed E-state index contributed by atoms with van der Waals surface area (Å²) < 4.78 is 11.4. The molecule has 0 saturated carbocycles. The van der Waals surface area contributed by atoms with E-state index < -0.39 is 5.91 Å². The van der Waals surface area contributed by atoms with Crippen molar-refractivity contribution < 1.29 is 14.3 Å². The number of hydrogen-bond acceptors (Lipinski definition) is 3. The van der Waals surface area contributed by atoms with E-state index in [9.17, 15) is 4.79 Å². The number of ether oxygens (including phenoxy) is 2. The number of benzene rings is 1. The second-order valence-electron chi connectivity index (χ2n) is 6.54. The molecule has 0 aliphatic carbocycles. The van der Waals surface area contributed by atoms with Crippen LogP contribution in [0.25, 0.3) is 6.08 Å². The van der Waals surface area contributed by atoms with Crippen molar-refractivity contribution in [2.24, 2.45) is 17.6 Å². The molecule has 26 heavy (non-hydrogen) atoms. The van der Waals surface area contributed by atoms with Crippen molar-refractivity contribution in [2.75, 3.05) is 14.2 Å². The lowest BCUT2D eigenvalue weighted by atomic mass is 9.88. The van der Waals surface area contributed by atoms with Crippen LogP contribution in [0.3, 0.4) is 0 Å². The first kappa shape index (κ1) is 21.9. The molecule has 4 nitrogen and oxygen atoms in total. The van der Waals surface area contributed by atoms with Crippen LogP contribution in [-0.2, 0) is 14.3 Å². The van der Waals surface area contributed by atoms with E-state index >= 15 is 0 Å². The van der Waals surface area contributed by atoms with Crippen LogP contribution < -0.4 is 5.73 Å². The summed E-state index contributed by atoms with van der Waals surface area (Å²) in [7, 11) is 3.43. The SMILES string of the molecule is COC(/C=C/c1ccccc1)C(C)C(OC)C(C)/C=C/C(C)=C/C(N)=O. The number of allylic oxidation sites excluding steroid dienone is 2. The summed E-state index contributed by atoms with van der Waals surface area (Å²) in [5.74, 6) is -0.152. The third kappa shape index (κ3) is 7.38. The zero-order valence-corrected chi connectivity index (χ0v) is 16.4. The van der Waals surface area contributed by atoms with Gasteiger partial charge in [-0.25, -0.2) is 0 Å². The van der Waals surface area contributed by atoms with Gasteiger partial charge < -0.3 is 15.2 Å². The van der Waals surface area contributed by atoms with E-state index in [1.54, 1.807) is 14.2 Å². The molecule has 0 aliphatic rings. The van der Waals surface area contributed by atoms with Gasteiger partial charge >= 0.3 is 0 Å². The van der Waals surface area contributed by atoms with Crippen LogP contribution in [0, 0.1) is 11.8 Å². The maximum absolute atomic E-state index is 10.9. The zero-order valence-electron chi connectivity index (χ0n) is 16.4. The highest BCUT2D eigenvalue weighted by molar-refractivity contribution is 5.86. The molecule has 0 saturated heterocycles. The van der Waals surface area contributed by atoms with Gasteiger partial charge in [0.05, 0.1) is 12.2 Å². The first-order valence-electron chi connectivity index (χ1n) is 8.83. The van der Waals surface area contributed by atoms with Gasteiger partial charge in [-0.3, -0.25) is 4.79 Å². The fourth-order valence-corrected chi connectivity index (χ4v) is 3.02. The van der Waals surface area contributed by atoms with Crippen molar-refractivity contribution >= 4 is 12.0 Å². The van der Waals surface area contributed by atoms with Gasteiger partial charge in [-0.1, -0.05) is 68.5 Å². The monoisotopic (exact) mass is 357 g/mol. The Morgan fingerprint density at radius 2 is 1.73 bits per heavy atom. The Kier molecular flexibility index (Phi) is 9.63. The summed E-state index contributed by atoms with van der Waals surface area (Å²) in [4.78, 5) is 10.9. The summed E-state index contributed by atoms with van der Waals surface area (Å²) in [6, 6.07) is 10.1. The quantitative estimate of drug-likeness (QED) is 0.509. The van der Waals surface area contributed by atoms with E-state index in [0.717, 1.165) is 11.1 Å². The number of primary amides is 1. The summed E-state index contributed by atoms with van der Waals surface area (Å²) >= 11 is 0. The molecule has 0 spiro atoms. The molecule has 4 heteroatoms. The maximum atomic E-state index is 10.9. The molecule has 4 atom stereocenters. The minimum atomic E-state index is -0.443. The molecule has 4 unspecified atom stereocenters. The molecule has 1 amide bonds. The molecular formula is C22H31NO3. The third-order valence-corrected chi connectivity index (χ3v) is 4.41. The Morgan fingerprint density at radius 1 is 1.08 bits per heavy atom. The van der Waals surface area contributed by atoms with Gasteiger partial charge in [-0.05, 0) is 18.1 Å². The minimum absolute atomic E-state index is 0.0296. The molecule has 0 fully saturated rings. The topological polar surface area (TPSA) is 61.6 Å². The van der Waals surface area contributed by atoms with Crippen LogP contribution in [0.4, 0.5) is 0 Å². The van der Waals surface area contributed by atoms with Crippen molar-refractivity contribution in [2.45, 2.75) is 33.0 Å². The van der Waals surface area contributed by atoms with Crippen LogP contribution in [0.15, 0.2) is 60.2 Å². The third-order valence-electron chi connectivity index (χ3n) is 4.41. The molecule has 1 rings (SSSR count). The molecule has 142 valence electrons. The Hall–Kier alpha value is -2.17. The van der Waals surface area contributed by atoms with E-state index in [0.29, 0.717) is 0 Å². The van der Waals surface area contributed by atoms with Gasteiger partial charge in [0.1, 0.15) is 0 Å². The lowest BCUT2D eigenvalue weighted by Crippen LogP contribution is -2.35. The molecule has 1 aromatic rings. The maximum Gasteiger partial charge on any atom is 0.241 e. The molecule has 1 aromatic carbocycles. The Labute approximate surface area is 157 Å². The van der Waals surface area contributed by atoms with Gasteiger partial charge in [-0.15, -0.1) is 0 Å². The highest BCUT2D eigenvalue weighted by Crippen LogP contribution is 2.24. The second kappa shape index (κ2) is 11.4. The first-order chi connectivity index (χ1) is 12.4. The predicted molar refractivity (Wildman–Crippen MR) is 107 cm³/mol. The van der Waals surface area contributed by atoms with Crippen LogP contribution >= 0.6 is 0 Å². The standard InChI is InChI=1S/C22H31NO3/c1-16(15-21(23)24)11-12-17(2)22(26-5)18(3)20(25-4)14-13-19-9-7-6-8-10-19/h6-15,17-18,20,22H,1-5H3,(H2,23,24)/b12-11+,14-13+,16-15+. The fourth-order valence-electron chi connectivity index (χ4n) is 3.02. The Balaban J connectivity index is 2.83. The number of nitrogens with two attached hydrogens (primary N) is 1. The normalized spacial score (nSPS) is 17.3. The van der Waals surface area contributed by atoms with Crippen molar-refractivity contribution in [1.82, 2.24) is 0 Å². The lowest BCUT2D eigenvalue weighted by Gasteiger charge is -2.30. The summed E-state index contributed by atoms with van der Waals surface area (Å²) in [6.07, 6.45) is 9.38. The van der Waals surface area contributed by atoms with E-state index in [1.165, 1.54) is 6.08 Å². The number of methoxy groups -OCH3 is 2. The van der Waals surface area contributed by atoms with Gasteiger partial charge in [0, 0.05) is 32.1 Å². The van der Waals surface area contributed by atoms with Crippen LogP contribution in [0.2, 0.25) is 0 Å².